The molecule has 3 atom stereocenters. The highest BCUT2D eigenvalue weighted by atomic mass is 16.8. The third-order valence-electron chi connectivity index (χ3n) is 5.63. The number of fused-ring (bicyclic) bond motifs is 3. The molecule has 0 N–H and O–H groups in total. The van der Waals surface area contributed by atoms with Gasteiger partial charge in [0.2, 0.25) is 0 Å². The van der Waals surface area contributed by atoms with Crippen molar-refractivity contribution < 1.29 is 9.47 Å². The van der Waals surface area contributed by atoms with Crippen molar-refractivity contribution in [2.45, 2.75) is 78.3 Å². The van der Waals surface area contributed by atoms with E-state index >= 15 is 0 Å². The molecule has 0 radical (unpaired) electrons. The number of hydrogen-bond donors (Lipinski definition) is 0. The van der Waals surface area contributed by atoms with Gasteiger partial charge in [0.05, 0.1) is 0 Å². The van der Waals surface area contributed by atoms with Crippen LogP contribution in [0, 0.1) is 10.8 Å². The zero-order valence-electron chi connectivity index (χ0n) is 12.6. The lowest BCUT2D eigenvalue weighted by Gasteiger charge is -2.50. The van der Waals surface area contributed by atoms with Gasteiger partial charge in [-0.15, -0.1) is 0 Å². The first-order chi connectivity index (χ1) is 8.11. The monoisotopic (exact) mass is 250 g/mol. The van der Waals surface area contributed by atoms with Gasteiger partial charge in [0, 0.05) is 5.41 Å². The summed E-state index contributed by atoms with van der Waals surface area (Å²) in [5.41, 5.74) is 1.79. The van der Waals surface area contributed by atoms with Crippen LogP contribution >= 0.6 is 0 Å². The summed E-state index contributed by atoms with van der Waals surface area (Å²) >= 11 is 0. The largest absolute Gasteiger partial charge is 0.340 e. The molecule has 0 aromatic carbocycles. The predicted octanol–water partition coefficient (Wildman–Crippen LogP) is 4.05. The first kappa shape index (κ1) is 12.7. The molecule has 2 nitrogen and oxygen atoms in total. The van der Waals surface area contributed by atoms with Gasteiger partial charge in [-0.3, -0.25) is 0 Å². The van der Waals surface area contributed by atoms with Crippen LogP contribution in [0.5, 0.6) is 0 Å². The van der Waals surface area contributed by atoms with Crippen molar-refractivity contribution in [3.63, 3.8) is 0 Å². The lowest BCUT2D eigenvalue weighted by atomic mass is 9.57. The summed E-state index contributed by atoms with van der Waals surface area (Å²) in [6.07, 6.45) is 6.26. The van der Waals surface area contributed by atoms with E-state index in [1.807, 2.05) is 13.8 Å². The maximum absolute atomic E-state index is 6.35. The lowest BCUT2D eigenvalue weighted by Crippen LogP contribution is -2.51. The second-order valence-electron chi connectivity index (χ2n) is 7.80. The molecule has 0 aromatic heterocycles. The van der Waals surface area contributed by atoms with Crippen LogP contribution in [0.25, 0.3) is 0 Å². The zero-order valence-corrected chi connectivity index (χ0v) is 12.6. The molecule has 1 unspecified atom stereocenters. The van der Waals surface area contributed by atoms with Crippen LogP contribution in [-0.4, -0.2) is 17.5 Å². The Morgan fingerprint density at radius 2 is 1.72 bits per heavy atom. The summed E-state index contributed by atoms with van der Waals surface area (Å²) in [5.74, 6) is -0.452. The van der Waals surface area contributed by atoms with Crippen molar-refractivity contribution in [3.8, 4) is 0 Å². The molecule has 3 aliphatic rings. The average Bonchev–Trinajstić information content (AvgIpc) is 2.53. The first-order valence-electron chi connectivity index (χ1n) is 7.22. The Kier molecular flexibility index (Phi) is 2.26. The maximum Gasteiger partial charge on any atom is 0.164 e. The molecule has 1 heterocycles. The van der Waals surface area contributed by atoms with Gasteiger partial charge in [0.1, 0.15) is 11.7 Å². The van der Waals surface area contributed by atoms with Crippen molar-refractivity contribution in [1.82, 2.24) is 0 Å². The number of rotatable bonds is 0. The van der Waals surface area contributed by atoms with E-state index in [4.69, 9.17) is 9.47 Å². The molecule has 2 fully saturated rings. The van der Waals surface area contributed by atoms with Crippen molar-refractivity contribution >= 4 is 0 Å². The summed E-state index contributed by atoms with van der Waals surface area (Å²) in [6.45, 7) is 13.4. The van der Waals surface area contributed by atoms with Crippen LogP contribution in [0.2, 0.25) is 0 Å². The molecule has 0 spiro atoms. The van der Waals surface area contributed by atoms with Crippen molar-refractivity contribution in [1.29, 1.82) is 0 Å². The Labute approximate surface area is 111 Å². The van der Waals surface area contributed by atoms with E-state index in [-0.39, 0.29) is 22.5 Å². The third-order valence-corrected chi connectivity index (χ3v) is 5.63. The van der Waals surface area contributed by atoms with Gasteiger partial charge in [0.25, 0.3) is 0 Å². The molecule has 0 bridgehead atoms. The molecule has 102 valence electrons. The average molecular weight is 250 g/mol. The minimum Gasteiger partial charge on any atom is -0.340 e. The Morgan fingerprint density at radius 3 is 2.39 bits per heavy atom. The van der Waals surface area contributed by atoms with Crippen LogP contribution in [-0.2, 0) is 9.47 Å². The van der Waals surface area contributed by atoms with Gasteiger partial charge in [-0.25, -0.2) is 0 Å². The molecule has 1 saturated carbocycles. The van der Waals surface area contributed by atoms with E-state index < -0.39 is 5.79 Å². The van der Waals surface area contributed by atoms with E-state index in [0.29, 0.717) is 0 Å². The van der Waals surface area contributed by atoms with E-state index in [1.54, 1.807) is 5.57 Å². The van der Waals surface area contributed by atoms with Crippen LogP contribution in [0.1, 0.15) is 60.8 Å². The fraction of sp³-hybridized carbons (Fsp3) is 0.875. The van der Waals surface area contributed by atoms with E-state index in [9.17, 15) is 0 Å². The van der Waals surface area contributed by atoms with Gasteiger partial charge in [-0.1, -0.05) is 38.8 Å². The van der Waals surface area contributed by atoms with E-state index in [0.717, 1.165) is 0 Å². The molecule has 1 aliphatic heterocycles. The smallest absolute Gasteiger partial charge is 0.164 e. The Balaban J connectivity index is 2.09. The molecule has 1 saturated heterocycles. The third kappa shape index (κ3) is 1.36. The standard InChI is InChI=1S/C16H26O2/c1-13(2)8-7-9-15(5)11(13)10-12-16(15,6)18-14(3,4)17-12/h10,12H,7-9H2,1-6H3/t12?,15-,16-/m1/s1. The Morgan fingerprint density at radius 1 is 1.06 bits per heavy atom. The minimum atomic E-state index is -0.452. The number of ether oxygens (including phenoxy) is 2. The highest BCUT2D eigenvalue weighted by Crippen LogP contribution is 2.64. The summed E-state index contributed by atoms with van der Waals surface area (Å²) in [4.78, 5) is 0. The van der Waals surface area contributed by atoms with Crippen molar-refractivity contribution in [2.24, 2.45) is 10.8 Å². The van der Waals surface area contributed by atoms with E-state index in [2.05, 4.69) is 33.8 Å². The van der Waals surface area contributed by atoms with Crippen LogP contribution in [0.3, 0.4) is 0 Å². The molecule has 2 heteroatoms. The van der Waals surface area contributed by atoms with E-state index in [1.165, 1.54) is 19.3 Å². The SMILES string of the molecule is CC1(C)OC2C=C3C(C)(C)CCC[C@@]3(C)[C@]2(C)O1. The highest BCUT2D eigenvalue weighted by molar-refractivity contribution is 5.38. The Bertz CT molecular complexity index is 421. The minimum absolute atomic E-state index is 0.116. The van der Waals surface area contributed by atoms with Gasteiger partial charge < -0.3 is 9.47 Å². The topological polar surface area (TPSA) is 18.5 Å². The fourth-order valence-electron chi connectivity index (χ4n) is 4.61. The van der Waals surface area contributed by atoms with Gasteiger partial charge in [-0.2, -0.15) is 0 Å². The number of hydrogen-bond acceptors (Lipinski definition) is 2. The van der Waals surface area contributed by atoms with Crippen molar-refractivity contribution in [2.75, 3.05) is 0 Å². The molecule has 18 heavy (non-hydrogen) atoms. The fourth-order valence-corrected chi connectivity index (χ4v) is 4.61. The second kappa shape index (κ2) is 3.21. The highest BCUT2D eigenvalue weighted by Gasteiger charge is 2.66. The summed E-state index contributed by atoms with van der Waals surface area (Å²) < 4.78 is 12.5. The predicted molar refractivity (Wildman–Crippen MR) is 72.3 cm³/mol. The summed E-state index contributed by atoms with van der Waals surface area (Å²) in [6, 6.07) is 0. The molecule has 3 rings (SSSR count). The molecule has 0 amide bonds. The molecular weight excluding hydrogens is 224 g/mol. The van der Waals surface area contributed by atoms with Crippen molar-refractivity contribution in [3.05, 3.63) is 11.6 Å². The zero-order chi connectivity index (χ0) is 13.4. The lowest BCUT2D eigenvalue weighted by molar-refractivity contribution is -0.183. The first-order valence-corrected chi connectivity index (χ1v) is 7.22. The Hall–Kier alpha value is -0.340. The van der Waals surface area contributed by atoms with Gasteiger partial charge >= 0.3 is 0 Å². The second-order valence-corrected chi connectivity index (χ2v) is 7.80. The summed E-state index contributed by atoms with van der Waals surface area (Å²) in [7, 11) is 0. The quantitative estimate of drug-likeness (QED) is 0.604. The van der Waals surface area contributed by atoms with Gasteiger partial charge in [-0.05, 0) is 39.0 Å². The normalized spacial score (nSPS) is 48.6. The maximum atomic E-state index is 6.35. The van der Waals surface area contributed by atoms with Crippen LogP contribution in [0.15, 0.2) is 11.6 Å². The van der Waals surface area contributed by atoms with Crippen LogP contribution < -0.4 is 0 Å². The summed E-state index contributed by atoms with van der Waals surface area (Å²) in [5, 5.41) is 0. The molecule has 2 aliphatic carbocycles. The molecular formula is C16H26O2. The van der Waals surface area contributed by atoms with Crippen LogP contribution in [0.4, 0.5) is 0 Å². The molecule has 0 aromatic rings. The van der Waals surface area contributed by atoms with Gasteiger partial charge in [0.15, 0.2) is 5.79 Å².